The van der Waals surface area contributed by atoms with Crippen molar-refractivity contribution in [2.75, 3.05) is 13.2 Å². The highest BCUT2D eigenvalue weighted by Crippen LogP contribution is 2.19. The van der Waals surface area contributed by atoms with Crippen molar-refractivity contribution in [3.63, 3.8) is 0 Å². The molecule has 100 valence electrons. The van der Waals surface area contributed by atoms with E-state index in [1.54, 1.807) is 0 Å². The molecule has 0 aromatic carbocycles. The SMILES string of the molecule is NC(=O)c1cc(S(=O)(=O)NCC2CCCO2)cs1. The first-order chi connectivity index (χ1) is 8.49. The summed E-state index contributed by atoms with van der Waals surface area (Å²) in [6.45, 7) is 0.931. The van der Waals surface area contributed by atoms with Crippen LogP contribution in [-0.2, 0) is 14.8 Å². The zero-order valence-corrected chi connectivity index (χ0v) is 11.2. The van der Waals surface area contributed by atoms with Gasteiger partial charge >= 0.3 is 0 Å². The number of hydrogen-bond donors (Lipinski definition) is 2. The molecule has 1 aromatic rings. The van der Waals surface area contributed by atoms with Crippen LogP contribution in [0.15, 0.2) is 16.3 Å². The van der Waals surface area contributed by atoms with Crippen molar-refractivity contribution in [1.29, 1.82) is 0 Å². The number of carbonyl (C=O) groups is 1. The predicted octanol–water partition coefficient (Wildman–Crippen LogP) is 0.304. The fourth-order valence-corrected chi connectivity index (χ4v) is 3.87. The summed E-state index contributed by atoms with van der Waals surface area (Å²) in [5.74, 6) is -0.624. The highest BCUT2D eigenvalue weighted by molar-refractivity contribution is 7.89. The van der Waals surface area contributed by atoms with Gasteiger partial charge in [-0.15, -0.1) is 11.3 Å². The van der Waals surface area contributed by atoms with Crippen LogP contribution in [0.5, 0.6) is 0 Å². The van der Waals surface area contributed by atoms with Crippen LogP contribution in [0.4, 0.5) is 0 Å². The fraction of sp³-hybridized carbons (Fsp3) is 0.500. The monoisotopic (exact) mass is 290 g/mol. The number of thiophene rings is 1. The molecule has 0 saturated carbocycles. The lowest BCUT2D eigenvalue weighted by atomic mass is 10.2. The second kappa shape index (κ2) is 5.35. The zero-order chi connectivity index (χ0) is 13.2. The van der Waals surface area contributed by atoms with Gasteiger partial charge in [0.25, 0.3) is 5.91 Å². The molecule has 1 aliphatic rings. The molecule has 1 atom stereocenters. The Kier molecular flexibility index (Phi) is 4.00. The average Bonchev–Trinajstić information content (AvgIpc) is 2.98. The molecule has 3 N–H and O–H groups in total. The van der Waals surface area contributed by atoms with Crippen LogP contribution in [-0.4, -0.2) is 33.6 Å². The third kappa shape index (κ3) is 3.08. The summed E-state index contributed by atoms with van der Waals surface area (Å²) in [5.41, 5.74) is 5.08. The minimum Gasteiger partial charge on any atom is -0.377 e. The second-order valence-electron chi connectivity index (χ2n) is 4.00. The lowest BCUT2D eigenvalue weighted by Gasteiger charge is -2.10. The smallest absolute Gasteiger partial charge is 0.258 e. The first-order valence-electron chi connectivity index (χ1n) is 5.48. The van der Waals surface area contributed by atoms with Gasteiger partial charge < -0.3 is 10.5 Å². The Balaban J connectivity index is 2.02. The maximum absolute atomic E-state index is 11.9. The minimum atomic E-state index is -3.59. The van der Waals surface area contributed by atoms with Gasteiger partial charge in [-0.25, -0.2) is 13.1 Å². The number of carbonyl (C=O) groups excluding carboxylic acids is 1. The standard InChI is InChI=1S/C10H14N2O4S2/c11-10(13)9-4-8(6-17-9)18(14,15)12-5-7-2-1-3-16-7/h4,6-7,12H,1-3,5H2,(H2,11,13). The third-order valence-electron chi connectivity index (χ3n) is 2.65. The van der Waals surface area contributed by atoms with E-state index in [9.17, 15) is 13.2 Å². The first-order valence-corrected chi connectivity index (χ1v) is 7.85. The fourth-order valence-electron chi connectivity index (χ4n) is 1.68. The number of rotatable bonds is 5. The Bertz CT molecular complexity index is 532. The van der Waals surface area contributed by atoms with E-state index >= 15 is 0 Å². The number of nitrogens with one attached hydrogen (secondary N) is 1. The molecule has 1 aliphatic heterocycles. The normalized spacial score (nSPS) is 20.1. The van der Waals surface area contributed by atoms with Crippen molar-refractivity contribution in [2.24, 2.45) is 5.73 Å². The van der Waals surface area contributed by atoms with Crippen molar-refractivity contribution >= 4 is 27.3 Å². The van der Waals surface area contributed by atoms with Gasteiger partial charge in [-0.1, -0.05) is 0 Å². The molecule has 8 heteroatoms. The van der Waals surface area contributed by atoms with Gasteiger partial charge in [-0.05, 0) is 18.9 Å². The van der Waals surface area contributed by atoms with Crippen molar-refractivity contribution < 1.29 is 17.9 Å². The summed E-state index contributed by atoms with van der Waals surface area (Å²) in [5, 5.41) is 1.40. The number of amides is 1. The molecule has 6 nitrogen and oxygen atoms in total. The van der Waals surface area contributed by atoms with Crippen molar-refractivity contribution in [2.45, 2.75) is 23.8 Å². The highest BCUT2D eigenvalue weighted by Gasteiger charge is 2.21. The van der Waals surface area contributed by atoms with Gasteiger partial charge in [-0.2, -0.15) is 0 Å². The summed E-state index contributed by atoms with van der Waals surface area (Å²) >= 11 is 1.02. The van der Waals surface area contributed by atoms with E-state index < -0.39 is 15.9 Å². The van der Waals surface area contributed by atoms with E-state index in [0.29, 0.717) is 6.61 Å². The summed E-state index contributed by atoms with van der Waals surface area (Å²) in [4.78, 5) is 11.2. The molecule has 1 unspecified atom stereocenters. The van der Waals surface area contributed by atoms with Gasteiger partial charge in [-0.3, -0.25) is 4.79 Å². The van der Waals surface area contributed by atoms with E-state index in [0.717, 1.165) is 24.2 Å². The molecule has 0 radical (unpaired) electrons. The maximum atomic E-state index is 11.9. The number of sulfonamides is 1. The number of primary amides is 1. The Morgan fingerprint density at radius 2 is 2.39 bits per heavy atom. The van der Waals surface area contributed by atoms with Gasteiger partial charge in [0.05, 0.1) is 15.9 Å². The molecule has 1 fully saturated rings. The van der Waals surface area contributed by atoms with Crippen LogP contribution < -0.4 is 10.5 Å². The summed E-state index contributed by atoms with van der Waals surface area (Å²) in [6, 6.07) is 1.28. The van der Waals surface area contributed by atoms with Gasteiger partial charge in [0, 0.05) is 18.5 Å². The molecule has 2 rings (SSSR count). The molecule has 1 amide bonds. The second-order valence-corrected chi connectivity index (χ2v) is 6.68. The van der Waals surface area contributed by atoms with E-state index in [4.69, 9.17) is 10.5 Å². The number of hydrogen-bond acceptors (Lipinski definition) is 5. The third-order valence-corrected chi connectivity index (χ3v) is 5.15. The van der Waals surface area contributed by atoms with E-state index in [2.05, 4.69) is 4.72 Å². The van der Waals surface area contributed by atoms with Crippen LogP contribution in [0.25, 0.3) is 0 Å². The number of ether oxygens (including phenoxy) is 1. The average molecular weight is 290 g/mol. The van der Waals surface area contributed by atoms with Gasteiger partial charge in [0.2, 0.25) is 10.0 Å². The summed E-state index contributed by atoms with van der Waals surface area (Å²) in [7, 11) is -3.59. The Hall–Kier alpha value is -0.960. The molecule has 1 aromatic heterocycles. The van der Waals surface area contributed by atoms with Gasteiger partial charge in [0.15, 0.2) is 0 Å². The minimum absolute atomic E-state index is 0.0611. The molecule has 18 heavy (non-hydrogen) atoms. The molecule has 0 spiro atoms. The van der Waals surface area contributed by atoms with Crippen LogP contribution in [0.3, 0.4) is 0 Å². The topological polar surface area (TPSA) is 98.5 Å². The van der Waals surface area contributed by atoms with Crippen LogP contribution in [0.1, 0.15) is 22.5 Å². The molecule has 1 saturated heterocycles. The Morgan fingerprint density at radius 3 is 2.94 bits per heavy atom. The number of nitrogens with two attached hydrogens (primary N) is 1. The van der Waals surface area contributed by atoms with Gasteiger partial charge in [0.1, 0.15) is 0 Å². The van der Waals surface area contributed by atoms with E-state index in [1.807, 2.05) is 0 Å². The van der Waals surface area contributed by atoms with Crippen molar-refractivity contribution in [3.05, 3.63) is 16.3 Å². The Labute approximate surface area is 109 Å². The van der Waals surface area contributed by atoms with E-state index in [-0.39, 0.29) is 22.4 Å². The first kappa shape index (κ1) is 13.5. The predicted molar refractivity (Wildman–Crippen MR) is 67.0 cm³/mol. The Morgan fingerprint density at radius 1 is 1.61 bits per heavy atom. The van der Waals surface area contributed by atoms with Crippen LogP contribution >= 0.6 is 11.3 Å². The lowest BCUT2D eigenvalue weighted by molar-refractivity contribution is 0.100. The molecular weight excluding hydrogens is 276 g/mol. The lowest BCUT2D eigenvalue weighted by Crippen LogP contribution is -2.31. The quantitative estimate of drug-likeness (QED) is 0.815. The molecule has 0 bridgehead atoms. The molecule has 2 heterocycles. The van der Waals surface area contributed by atoms with E-state index in [1.165, 1.54) is 11.4 Å². The maximum Gasteiger partial charge on any atom is 0.258 e. The largest absolute Gasteiger partial charge is 0.377 e. The highest BCUT2D eigenvalue weighted by atomic mass is 32.2. The van der Waals surface area contributed by atoms with Crippen LogP contribution in [0.2, 0.25) is 0 Å². The van der Waals surface area contributed by atoms with Crippen molar-refractivity contribution in [3.8, 4) is 0 Å². The molecule has 0 aliphatic carbocycles. The summed E-state index contributed by atoms with van der Waals surface area (Å²) in [6.07, 6.45) is 1.75. The summed E-state index contributed by atoms with van der Waals surface area (Å²) < 4.78 is 31.6. The van der Waals surface area contributed by atoms with Crippen LogP contribution in [0, 0.1) is 0 Å². The van der Waals surface area contributed by atoms with Crippen molar-refractivity contribution in [1.82, 2.24) is 4.72 Å². The molecular formula is C10H14N2O4S2. The zero-order valence-electron chi connectivity index (χ0n) is 9.59.